The van der Waals surface area contributed by atoms with Crippen molar-refractivity contribution in [2.45, 2.75) is 103 Å². The van der Waals surface area contributed by atoms with Gasteiger partial charge in [0.2, 0.25) is 0 Å². The van der Waals surface area contributed by atoms with Crippen molar-refractivity contribution in [2.75, 3.05) is 20.3 Å². The number of fused-ring (bicyclic) bond motifs is 3. The Balaban J connectivity index is 2.07. The topological polar surface area (TPSA) is 173 Å². The third-order valence-electron chi connectivity index (χ3n) is 9.36. The molecule has 0 aromatic heterocycles. The van der Waals surface area contributed by atoms with Crippen molar-refractivity contribution in [3.05, 3.63) is 23.8 Å². The zero-order chi connectivity index (χ0) is 33.5. The minimum absolute atomic E-state index is 0.000823. The molecule has 2 heterocycles. The smallest absolute Gasteiger partial charge is 0.312 e. The maximum atomic E-state index is 13.3. The van der Waals surface area contributed by atoms with Gasteiger partial charge in [-0.3, -0.25) is 24.0 Å². The van der Waals surface area contributed by atoms with Gasteiger partial charge in [0.25, 0.3) is 0 Å². The van der Waals surface area contributed by atoms with Crippen molar-refractivity contribution in [1.29, 1.82) is 0 Å². The van der Waals surface area contributed by atoms with Crippen LogP contribution in [0.4, 0.5) is 0 Å². The Morgan fingerprint density at radius 2 is 1.64 bits per heavy atom. The maximum Gasteiger partial charge on any atom is 0.312 e. The second kappa shape index (κ2) is 12.8. The highest BCUT2D eigenvalue weighted by atomic mass is 16.6. The summed E-state index contributed by atoms with van der Waals surface area (Å²) in [6, 6.07) is 0. The first-order valence-corrected chi connectivity index (χ1v) is 15.2. The Labute approximate surface area is 262 Å². The van der Waals surface area contributed by atoms with E-state index in [-0.39, 0.29) is 32.0 Å². The molecule has 13 nitrogen and oxygen atoms in total. The molecule has 250 valence electrons. The quantitative estimate of drug-likeness (QED) is 0.233. The molecule has 10 atom stereocenters. The normalized spacial score (nSPS) is 40.6. The Bertz CT molecular complexity index is 1270. The van der Waals surface area contributed by atoms with Crippen LogP contribution in [0.2, 0.25) is 0 Å². The predicted octanol–water partition coefficient (Wildman–Crippen LogP) is 1.97. The average molecular weight is 637 g/mol. The Morgan fingerprint density at radius 1 is 1.02 bits per heavy atom. The van der Waals surface area contributed by atoms with Crippen molar-refractivity contribution >= 4 is 29.8 Å². The average Bonchev–Trinajstić information content (AvgIpc) is 3.67. The van der Waals surface area contributed by atoms with Crippen LogP contribution in [-0.2, 0) is 57.1 Å². The van der Waals surface area contributed by atoms with Gasteiger partial charge in [-0.2, -0.15) is 0 Å². The highest BCUT2D eigenvalue weighted by molar-refractivity contribution is 5.78. The highest BCUT2D eigenvalue weighted by Crippen LogP contribution is 2.62. The predicted molar refractivity (Wildman–Crippen MR) is 154 cm³/mol. The number of epoxide rings is 1. The van der Waals surface area contributed by atoms with Gasteiger partial charge < -0.3 is 38.3 Å². The fourth-order valence-electron chi connectivity index (χ4n) is 7.25. The Hall–Kier alpha value is -3.29. The van der Waals surface area contributed by atoms with E-state index in [1.54, 1.807) is 19.1 Å². The molecule has 13 heteroatoms. The van der Waals surface area contributed by atoms with E-state index in [9.17, 15) is 29.1 Å². The van der Waals surface area contributed by atoms with Crippen LogP contribution in [0.5, 0.6) is 0 Å². The van der Waals surface area contributed by atoms with Gasteiger partial charge in [-0.15, -0.1) is 0 Å². The van der Waals surface area contributed by atoms with Gasteiger partial charge in [0.15, 0.2) is 11.7 Å². The van der Waals surface area contributed by atoms with E-state index >= 15 is 0 Å². The first kappa shape index (κ1) is 34.6. The van der Waals surface area contributed by atoms with Crippen LogP contribution in [0, 0.1) is 23.2 Å². The van der Waals surface area contributed by atoms with Crippen molar-refractivity contribution in [3.63, 3.8) is 0 Å². The third kappa shape index (κ3) is 6.39. The molecule has 1 spiro atoms. The lowest BCUT2D eigenvalue weighted by molar-refractivity contribution is -0.252. The number of hydrogen-bond donors (Lipinski definition) is 1. The van der Waals surface area contributed by atoms with Crippen LogP contribution in [0.3, 0.4) is 0 Å². The minimum atomic E-state index is -2.21. The second-order valence-corrected chi connectivity index (χ2v) is 13.1. The van der Waals surface area contributed by atoms with E-state index in [1.165, 1.54) is 34.0 Å². The summed E-state index contributed by atoms with van der Waals surface area (Å²) < 4.78 is 41.0. The highest BCUT2D eigenvalue weighted by Gasteiger charge is 2.78. The number of ether oxygens (including phenoxy) is 7. The molecular weight excluding hydrogens is 592 g/mol. The third-order valence-corrected chi connectivity index (χ3v) is 9.36. The number of carbonyl (C=O) groups is 5. The van der Waals surface area contributed by atoms with E-state index < -0.39 is 88.8 Å². The van der Waals surface area contributed by atoms with Crippen molar-refractivity contribution < 1.29 is 62.2 Å². The lowest BCUT2D eigenvalue weighted by atomic mass is 9.52. The monoisotopic (exact) mass is 636 g/mol. The molecule has 0 aromatic rings. The number of methoxy groups -OCH3 is 1. The molecule has 0 bridgehead atoms. The van der Waals surface area contributed by atoms with Crippen molar-refractivity contribution in [2.24, 2.45) is 23.2 Å². The molecule has 2 saturated heterocycles. The summed E-state index contributed by atoms with van der Waals surface area (Å²) in [6.07, 6.45) is -1.49. The minimum Gasteiger partial charge on any atom is -0.461 e. The molecule has 0 aromatic carbocycles. The molecule has 0 unspecified atom stereocenters. The SMILES string of the molecule is COCC1=C/[C@@H]2OC(=O)[C@H](C)[C@@]2(O)[C@@H](OC(C)=O)[C@H]2[C@@]3(CO3)[C@H](OC(C)=O)C[C@H](OC(=O)CC(C)C)[C@]2(C)[C@@H](OC(C)=O)/C=C\1. The summed E-state index contributed by atoms with van der Waals surface area (Å²) in [5, 5.41) is 12.7. The van der Waals surface area contributed by atoms with E-state index in [2.05, 4.69) is 0 Å². The number of hydrogen-bond acceptors (Lipinski definition) is 13. The molecule has 2 aliphatic carbocycles. The second-order valence-electron chi connectivity index (χ2n) is 13.1. The molecule has 4 aliphatic rings. The molecule has 4 rings (SSSR count). The summed E-state index contributed by atoms with van der Waals surface area (Å²) in [7, 11) is 1.46. The molecular formula is C32H44O13. The Kier molecular flexibility index (Phi) is 9.87. The van der Waals surface area contributed by atoms with Gasteiger partial charge in [0.05, 0.1) is 24.5 Å². The first-order chi connectivity index (χ1) is 21.0. The van der Waals surface area contributed by atoms with E-state index in [1.807, 2.05) is 13.8 Å². The standard InChI is InChI=1S/C32H44O13/c1-16(2)11-26(36)44-23-13-24(42-19(5)34)31(15-40-31)27-28(43-20(6)35)32(38)17(3)29(37)45-25(32)12-21(14-39-8)9-10-22(30(23,27)7)41-18(4)33/h9-10,12,16-17,22-25,27-28,38H,11,13-15H2,1-8H3/b10-9-,21-12+/t17-,22-,23-,24+,25-,27+,28-,30-,31+,32-/m0/s1. The molecule has 0 radical (unpaired) electrons. The molecule has 3 fully saturated rings. The number of carbonyl (C=O) groups excluding carboxylic acids is 5. The zero-order valence-electron chi connectivity index (χ0n) is 27.0. The fourth-order valence-corrected chi connectivity index (χ4v) is 7.25. The van der Waals surface area contributed by atoms with Crippen LogP contribution in [0.25, 0.3) is 0 Å². The van der Waals surface area contributed by atoms with Gasteiger partial charge in [-0.25, -0.2) is 0 Å². The summed E-state index contributed by atoms with van der Waals surface area (Å²) in [4.78, 5) is 64.3. The maximum absolute atomic E-state index is 13.3. The number of aliphatic hydroxyl groups is 1. The lowest BCUT2D eigenvalue weighted by Crippen LogP contribution is -2.71. The summed E-state index contributed by atoms with van der Waals surface area (Å²) in [5.41, 5.74) is -4.63. The van der Waals surface area contributed by atoms with Crippen LogP contribution < -0.4 is 0 Å². The van der Waals surface area contributed by atoms with Gasteiger partial charge in [0.1, 0.15) is 30.0 Å². The van der Waals surface area contributed by atoms with Crippen molar-refractivity contribution in [3.8, 4) is 0 Å². The summed E-state index contributed by atoms with van der Waals surface area (Å²) >= 11 is 0. The lowest BCUT2D eigenvalue weighted by Gasteiger charge is -2.57. The van der Waals surface area contributed by atoms with Crippen LogP contribution in [0.1, 0.15) is 61.3 Å². The van der Waals surface area contributed by atoms with E-state index in [0.29, 0.717) is 5.57 Å². The fraction of sp³-hybridized carbons (Fsp3) is 0.719. The van der Waals surface area contributed by atoms with Crippen molar-refractivity contribution in [1.82, 2.24) is 0 Å². The van der Waals surface area contributed by atoms with Crippen LogP contribution in [-0.4, -0.2) is 97.0 Å². The van der Waals surface area contributed by atoms with E-state index in [0.717, 1.165) is 6.92 Å². The summed E-state index contributed by atoms with van der Waals surface area (Å²) in [6.45, 7) is 10.5. The van der Waals surface area contributed by atoms with E-state index in [4.69, 9.17) is 33.2 Å². The first-order valence-electron chi connectivity index (χ1n) is 15.2. The Morgan fingerprint density at radius 3 is 2.18 bits per heavy atom. The number of rotatable bonds is 8. The molecule has 2 aliphatic heterocycles. The van der Waals surface area contributed by atoms with Crippen LogP contribution in [0.15, 0.2) is 23.8 Å². The van der Waals surface area contributed by atoms with Gasteiger partial charge in [0, 0.05) is 46.6 Å². The molecule has 1 N–H and O–H groups in total. The van der Waals surface area contributed by atoms with Gasteiger partial charge in [-0.05, 0) is 30.6 Å². The summed E-state index contributed by atoms with van der Waals surface area (Å²) in [5.74, 6) is -5.85. The van der Waals surface area contributed by atoms with Crippen LogP contribution >= 0.6 is 0 Å². The number of esters is 5. The molecule has 45 heavy (non-hydrogen) atoms. The largest absolute Gasteiger partial charge is 0.461 e. The molecule has 0 amide bonds. The van der Waals surface area contributed by atoms with Gasteiger partial charge >= 0.3 is 29.8 Å². The van der Waals surface area contributed by atoms with Gasteiger partial charge in [-0.1, -0.05) is 26.8 Å². The molecule has 1 saturated carbocycles. The zero-order valence-corrected chi connectivity index (χ0v) is 27.0.